The van der Waals surface area contributed by atoms with Crippen molar-refractivity contribution in [1.29, 1.82) is 0 Å². The Bertz CT molecular complexity index is 1830. The maximum atomic E-state index is 12.8. The molecule has 1 amide bonds. The molecule has 2 aromatic heterocycles. The van der Waals surface area contributed by atoms with Gasteiger partial charge in [-0.15, -0.1) is 0 Å². The van der Waals surface area contributed by atoms with Gasteiger partial charge in [0.15, 0.2) is 6.04 Å². The van der Waals surface area contributed by atoms with E-state index in [1.807, 2.05) is 80.6 Å². The van der Waals surface area contributed by atoms with Gasteiger partial charge in [0, 0.05) is 48.7 Å². The molecule has 0 fully saturated rings. The van der Waals surface area contributed by atoms with Gasteiger partial charge in [-0.3, -0.25) is 4.79 Å². The van der Waals surface area contributed by atoms with E-state index in [9.17, 15) is 20.1 Å². The van der Waals surface area contributed by atoms with E-state index in [2.05, 4.69) is 56.4 Å². The lowest BCUT2D eigenvalue weighted by Crippen LogP contribution is -2.81. The number of carbonyl (C=O) groups excluding carboxylic acids is 1. The summed E-state index contributed by atoms with van der Waals surface area (Å²) in [6, 6.07) is 32.9. The molecule has 50 heavy (non-hydrogen) atoms. The third-order valence-corrected chi connectivity index (χ3v) is 8.82. The molecule has 0 aliphatic rings. The van der Waals surface area contributed by atoms with Gasteiger partial charge in [-0.25, -0.2) is 9.98 Å². The van der Waals surface area contributed by atoms with Crippen LogP contribution in [0.2, 0.25) is 0 Å². The number of nitrogens with one attached hydrogen (secondary N) is 3. The number of aliphatic hydroxyl groups excluding tert-OH is 3. The van der Waals surface area contributed by atoms with Crippen LogP contribution in [0.25, 0.3) is 5.82 Å². The lowest BCUT2D eigenvalue weighted by Gasteiger charge is -2.18. The van der Waals surface area contributed by atoms with Gasteiger partial charge < -0.3 is 30.5 Å². The van der Waals surface area contributed by atoms with Crippen molar-refractivity contribution in [1.82, 2.24) is 20.2 Å². The first-order valence-electron chi connectivity index (χ1n) is 17.1. The maximum Gasteiger partial charge on any atom is 0.366 e. The second-order valence-electron chi connectivity index (χ2n) is 13.0. The Labute approximate surface area is 294 Å². The van der Waals surface area contributed by atoms with Gasteiger partial charge in [-0.05, 0) is 79.8 Å². The van der Waals surface area contributed by atoms with Crippen LogP contribution in [0.3, 0.4) is 0 Å². The first-order chi connectivity index (χ1) is 24.2. The van der Waals surface area contributed by atoms with Gasteiger partial charge in [0.05, 0.1) is 18.1 Å². The molecule has 0 bridgehead atoms. The standard InChI is InChI=1S/C41H47N5O4/c1-28(42-26-38(48)36-18-19-39(43-25-36)46-29(2)12-13-30(46)3)20-33-10-7-11-34(21-33)23-40(49)44-24-32-14-16-35(17-15-32)41(50)45-37(27-47)22-31-8-5-4-6-9-31/h4-19,21,25,28,37-38,42,47-48H,20,22-24,26-27H2,1-3H3,(H,44,49)(H,45,50)/p+1/t28?,37-,38+/m1/s1. The lowest BCUT2D eigenvalue weighted by molar-refractivity contribution is -0.513. The molecule has 0 aliphatic carbocycles. The van der Waals surface area contributed by atoms with E-state index >= 15 is 0 Å². The number of nitrogens with zero attached hydrogens (tertiary/aromatic N) is 2. The van der Waals surface area contributed by atoms with Crippen LogP contribution in [0.15, 0.2) is 109 Å². The highest BCUT2D eigenvalue weighted by Gasteiger charge is 2.17. The number of aliphatic hydroxyl groups is 3. The van der Waals surface area contributed by atoms with E-state index in [4.69, 9.17) is 0 Å². The summed E-state index contributed by atoms with van der Waals surface area (Å²) in [5, 5.41) is 37.6. The van der Waals surface area contributed by atoms with Gasteiger partial charge in [0.2, 0.25) is 5.91 Å². The molecule has 3 atom stereocenters. The molecule has 0 spiro atoms. The first kappa shape index (κ1) is 36.2. The largest absolute Gasteiger partial charge is 0.460 e. The van der Waals surface area contributed by atoms with Crippen molar-refractivity contribution in [3.8, 4) is 5.82 Å². The van der Waals surface area contributed by atoms with E-state index in [1.54, 1.807) is 18.3 Å². The SMILES string of the molecule is Cc1ccc(C)n1-c1ccc([C@@H](O)CNC(C)Cc2cccc(CC(=O)NCc3ccc(C(O)=[NH+][C@@H](CO)Cc4ccccc4)cc3)c2)cn1. The zero-order valence-electron chi connectivity index (χ0n) is 29.0. The molecule has 5 rings (SSSR count). The quantitative estimate of drug-likeness (QED) is 0.0701. The second-order valence-corrected chi connectivity index (χ2v) is 13.0. The minimum atomic E-state index is -0.680. The average Bonchev–Trinajstić information content (AvgIpc) is 3.47. The number of amides is 1. The Morgan fingerprint density at radius 1 is 0.840 bits per heavy atom. The molecule has 0 aliphatic heterocycles. The summed E-state index contributed by atoms with van der Waals surface area (Å²) in [5.41, 5.74) is 7.62. The normalized spacial score (nSPS) is 13.5. The predicted molar refractivity (Wildman–Crippen MR) is 196 cm³/mol. The summed E-state index contributed by atoms with van der Waals surface area (Å²) in [6.07, 6.45) is 2.65. The molecule has 0 saturated heterocycles. The Morgan fingerprint density at radius 3 is 2.22 bits per heavy atom. The maximum absolute atomic E-state index is 12.8. The third-order valence-electron chi connectivity index (χ3n) is 8.82. The number of benzene rings is 3. The molecule has 2 heterocycles. The van der Waals surface area contributed by atoms with Crippen LogP contribution < -0.4 is 15.6 Å². The molecule has 1 unspecified atom stereocenters. The Hall–Kier alpha value is -5.09. The molecule has 9 nitrogen and oxygen atoms in total. The second kappa shape index (κ2) is 17.5. The first-order valence-corrected chi connectivity index (χ1v) is 17.1. The molecule has 5 aromatic rings. The van der Waals surface area contributed by atoms with Crippen LogP contribution in [-0.2, 0) is 30.6 Å². The summed E-state index contributed by atoms with van der Waals surface area (Å²) in [6.45, 7) is 6.83. The zero-order valence-corrected chi connectivity index (χ0v) is 29.0. The van der Waals surface area contributed by atoms with Crippen LogP contribution >= 0.6 is 0 Å². The molecular formula is C41H48N5O4+. The van der Waals surface area contributed by atoms with E-state index < -0.39 is 6.10 Å². The highest BCUT2D eigenvalue weighted by Crippen LogP contribution is 2.18. The number of rotatable bonds is 16. The third kappa shape index (κ3) is 10.2. The fraction of sp³-hybridized carbons (Fsp3) is 0.293. The fourth-order valence-electron chi connectivity index (χ4n) is 6.05. The number of carbonyl (C=O) groups is 1. The highest BCUT2D eigenvalue weighted by molar-refractivity contribution is 5.87. The van der Waals surface area contributed by atoms with Crippen molar-refractivity contribution in [2.24, 2.45) is 0 Å². The average molecular weight is 675 g/mol. The van der Waals surface area contributed by atoms with E-state index in [0.717, 1.165) is 51.4 Å². The summed E-state index contributed by atoms with van der Waals surface area (Å²) < 4.78 is 2.09. The van der Waals surface area contributed by atoms with E-state index in [-0.39, 0.29) is 36.9 Å². The Morgan fingerprint density at radius 2 is 1.54 bits per heavy atom. The zero-order chi connectivity index (χ0) is 35.5. The molecule has 0 saturated carbocycles. The molecule has 6 N–H and O–H groups in total. The van der Waals surface area contributed by atoms with Gasteiger partial charge in [-0.1, -0.05) is 72.8 Å². The smallest absolute Gasteiger partial charge is 0.366 e. The van der Waals surface area contributed by atoms with Crippen molar-refractivity contribution in [3.05, 3.63) is 154 Å². The van der Waals surface area contributed by atoms with Gasteiger partial charge in [-0.2, -0.15) is 0 Å². The van der Waals surface area contributed by atoms with Crippen LogP contribution in [0.4, 0.5) is 0 Å². The molecule has 0 radical (unpaired) electrons. The predicted octanol–water partition coefficient (Wildman–Crippen LogP) is 3.59. The fourth-order valence-corrected chi connectivity index (χ4v) is 6.05. The van der Waals surface area contributed by atoms with Gasteiger partial charge in [0.25, 0.3) is 0 Å². The topological polar surface area (TPSA) is 134 Å². The Balaban J connectivity index is 1.05. The van der Waals surface area contributed by atoms with Crippen molar-refractivity contribution in [3.63, 3.8) is 0 Å². The number of hydrogen-bond donors (Lipinski definition) is 6. The van der Waals surface area contributed by atoms with Crippen LogP contribution in [0, 0.1) is 13.8 Å². The number of aryl methyl sites for hydroxylation is 2. The lowest BCUT2D eigenvalue weighted by atomic mass is 10.0. The van der Waals surface area contributed by atoms with E-state index in [0.29, 0.717) is 25.1 Å². The van der Waals surface area contributed by atoms with Crippen LogP contribution in [0.1, 0.15) is 57.8 Å². The van der Waals surface area contributed by atoms with Crippen molar-refractivity contribution < 1.29 is 25.1 Å². The minimum Gasteiger partial charge on any atom is -0.460 e. The molecule has 260 valence electrons. The number of hydrogen-bond acceptors (Lipinski definition) is 5. The summed E-state index contributed by atoms with van der Waals surface area (Å²) in [4.78, 5) is 20.4. The van der Waals surface area contributed by atoms with Crippen molar-refractivity contribution in [2.45, 2.75) is 64.8 Å². The van der Waals surface area contributed by atoms with Gasteiger partial charge >= 0.3 is 5.90 Å². The monoisotopic (exact) mass is 674 g/mol. The number of aromatic nitrogens is 2. The van der Waals surface area contributed by atoms with E-state index in [1.165, 1.54) is 0 Å². The summed E-state index contributed by atoms with van der Waals surface area (Å²) in [5.74, 6) is 0.754. The van der Waals surface area contributed by atoms with Crippen molar-refractivity contribution in [2.75, 3.05) is 13.2 Å². The van der Waals surface area contributed by atoms with Gasteiger partial charge in [0.1, 0.15) is 12.4 Å². The summed E-state index contributed by atoms with van der Waals surface area (Å²) in [7, 11) is 0. The molecular weight excluding hydrogens is 626 g/mol. The summed E-state index contributed by atoms with van der Waals surface area (Å²) >= 11 is 0. The van der Waals surface area contributed by atoms with Crippen LogP contribution in [-0.4, -0.2) is 61.9 Å². The van der Waals surface area contributed by atoms with Crippen LogP contribution in [0.5, 0.6) is 0 Å². The highest BCUT2D eigenvalue weighted by atomic mass is 16.3. The van der Waals surface area contributed by atoms with Crippen molar-refractivity contribution >= 4 is 11.8 Å². The molecule has 9 heteroatoms. The Kier molecular flexibility index (Phi) is 12.7. The minimum absolute atomic E-state index is 0.00258. The molecule has 3 aromatic carbocycles. The number of pyridine rings is 1.